The van der Waals surface area contributed by atoms with Crippen molar-refractivity contribution >= 4 is 0 Å². The van der Waals surface area contributed by atoms with Crippen molar-refractivity contribution in [1.82, 2.24) is 10.2 Å². The number of hydrogen-bond acceptors (Lipinski definition) is 3. The van der Waals surface area contributed by atoms with Crippen molar-refractivity contribution in [2.45, 2.75) is 32.3 Å². The van der Waals surface area contributed by atoms with E-state index in [1.165, 1.54) is 45.4 Å². The summed E-state index contributed by atoms with van der Waals surface area (Å²) < 4.78 is 5.71. The molecule has 0 bridgehead atoms. The van der Waals surface area contributed by atoms with Crippen molar-refractivity contribution < 1.29 is 4.74 Å². The van der Waals surface area contributed by atoms with Gasteiger partial charge in [-0.25, -0.2) is 0 Å². The molecule has 3 heteroatoms. The number of hydrogen-bond donors (Lipinski definition) is 1. The molecule has 15 heavy (non-hydrogen) atoms. The van der Waals surface area contributed by atoms with E-state index in [1.807, 2.05) is 0 Å². The molecular formula is C12H24N2O. The van der Waals surface area contributed by atoms with Crippen molar-refractivity contribution in [3.8, 4) is 0 Å². The van der Waals surface area contributed by atoms with Gasteiger partial charge in [-0.3, -0.25) is 0 Å². The Labute approximate surface area is 93.2 Å². The molecule has 2 saturated heterocycles. The highest BCUT2D eigenvalue weighted by atomic mass is 16.5. The van der Waals surface area contributed by atoms with Crippen molar-refractivity contribution in [2.75, 3.05) is 39.3 Å². The topological polar surface area (TPSA) is 24.5 Å². The fourth-order valence-electron chi connectivity index (χ4n) is 2.61. The molecule has 0 spiro atoms. The summed E-state index contributed by atoms with van der Waals surface area (Å²) in [6.45, 7) is 9.28. The van der Waals surface area contributed by atoms with Gasteiger partial charge in [0, 0.05) is 19.7 Å². The normalized spacial score (nSPS) is 35.0. The van der Waals surface area contributed by atoms with Crippen LogP contribution in [0, 0.1) is 5.92 Å². The van der Waals surface area contributed by atoms with Crippen LogP contribution >= 0.6 is 0 Å². The Bertz CT molecular complexity index is 180. The molecule has 0 aliphatic carbocycles. The number of nitrogens with one attached hydrogen (secondary N) is 1. The van der Waals surface area contributed by atoms with E-state index >= 15 is 0 Å². The molecule has 0 aromatic carbocycles. The van der Waals surface area contributed by atoms with Crippen LogP contribution in [0.25, 0.3) is 0 Å². The average molecular weight is 212 g/mol. The number of nitrogens with zero attached hydrogens (tertiary/aromatic N) is 1. The summed E-state index contributed by atoms with van der Waals surface area (Å²) >= 11 is 0. The summed E-state index contributed by atoms with van der Waals surface area (Å²) in [7, 11) is 0. The molecule has 2 fully saturated rings. The second-order valence-electron chi connectivity index (χ2n) is 5.06. The van der Waals surface area contributed by atoms with E-state index in [0.717, 1.165) is 19.1 Å². The lowest BCUT2D eigenvalue weighted by Crippen LogP contribution is -2.41. The van der Waals surface area contributed by atoms with Gasteiger partial charge in [-0.1, -0.05) is 6.92 Å². The first-order chi connectivity index (χ1) is 7.34. The molecule has 0 aromatic rings. The Balaban J connectivity index is 1.77. The van der Waals surface area contributed by atoms with Crippen LogP contribution in [-0.4, -0.2) is 50.3 Å². The van der Waals surface area contributed by atoms with Gasteiger partial charge >= 0.3 is 0 Å². The Morgan fingerprint density at radius 1 is 1.40 bits per heavy atom. The van der Waals surface area contributed by atoms with Gasteiger partial charge in [-0.2, -0.15) is 0 Å². The predicted octanol–water partition coefficient (Wildman–Crippen LogP) is 1.10. The summed E-state index contributed by atoms with van der Waals surface area (Å²) in [6, 6.07) is 0. The number of ether oxygens (including phenoxy) is 1. The van der Waals surface area contributed by atoms with Gasteiger partial charge in [0.1, 0.15) is 0 Å². The second kappa shape index (κ2) is 5.83. The van der Waals surface area contributed by atoms with Crippen molar-refractivity contribution in [3.63, 3.8) is 0 Å². The lowest BCUT2D eigenvalue weighted by Gasteiger charge is -2.30. The summed E-state index contributed by atoms with van der Waals surface area (Å²) in [5.74, 6) is 0.770. The van der Waals surface area contributed by atoms with Crippen molar-refractivity contribution in [3.05, 3.63) is 0 Å². The molecule has 0 amide bonds. The fourth-order valence-corrected chi connectivity index (χ4v) is 2.61. The molecule has 2 heterocycles. The van der Waals surface area contributed by atoms with Crippen molar-refractivity contribution in [1.29, 1.82) is 0 Å². The molecule has 2 unspecified atom stereocenters. The third kappa shape index (κ3) is 3.74. The summed E-state index contributed by atoms with van der Waals surface area (Å²) in [4.78, 5) is 2.60. The minimum absolute atomic E-state index is 0.518. The maximum atomic E-state index is 5.71. The summed E-state index contributed by atoms with van der Waals surface area (Å²) in [5, 5.41) is 3.49. The molecule has 2 atom stereocenters. The Hall–Kier alpha value is -0.120. The van der Waals surface area contributed by atoms with Gasteiger partial charge in [0.25, 0.3) is 0 Å². The minimum atomic E-state index is 0.518. The van der Waals surface area contributed by atoms with E-state index in [1.54, 1.807) is 0 Å². The highest BCUT2D eigenvalue weighted by Crippen LogP contribution is 2.14. The van der Waals surface area contributed by atoms with Gasteiger partial charge in [0.2, 0.25) is 0 Å². The molecule has 0 saturated carbocycles. The summed E-state index contributed by atoms with van der Waals surface area (Å²) in [6.07, 6.45) is 4.32. The van der Waals surface area contributed by atoms with Crippen LogP contribution in [0.15, 0.2) is 0 Å². The molecule has 1 N–H and O–H groups in total. The van der Waals surface area contributed by atoms with E-state index in [2.05, 4.69) is 17.1 Å². The highest BCUT2D eigenvalue weighted by molar-refractivity contribution is 4.74. The quantitative estimate of drug-likeness (QED) is 0.742. The molecule has 3 nitrogen and oxygen atoms in total. The van der Waals surface area contributed by atoms with Crippen LogP contribution in [0.1, 0.15) is 26.2 Å². The first-order valence-corrected chi connectivity index (χ1v) is 6.39. The molecule has 88 valence electrons. The monoisotopic (exact) mass is 212 g/mol. The van der Waals surface area contributed by atoms with Crippen LogP contribution in [0.5, 0.6) is 0 Å². The maximum absolute atomic E-state index is 5.71. The van der Waals surface area contributed by atoms with Gasteiger partial charge in [-0.05, 0) is 44.8 Å². The first kappa shape index (κ1) is 11.4. The Morgan fingerprint density at radius 3 is 3.13 bits per heavy atom. The third-order valence-electron chi connectivity index (χ3n) is 3.38. The largest absolute Gasteiger partial charge is 0.377 e. The Kier molecular flexibility index (Phi) is 4.42. The van der Waals surface area contributed by atoms with E-state index in [-0.39, 0.29) is 0 Å². The van der Waals surface area contributed by atoms with E-state index in [4.69, 9.17) is 4.74 Å². The average Bonchev–Trinajstić information content (AvgIpc) is 2.66. The first-order valence-electron chi connectivity index (χ1n) is 6.39. The van der Waals surface area contributed by atoms with Gasteiger partial charge in [0.05, 0.1) is 6.10 Å². The smallest absolute Gasteiger partial charge is 0.0702 e. The minimum Gasteiger partial charge on any atom is -0.377 e. The van der Waals surface area contributed by atoms with Crippen LogP contribution in [0.3, 0.4) is 0 Å². The van der Waals surface area contributed by atoms with Crippen LogP contribution in [-0.2, 0) is 4.74 Å². The van der Waals surface area contributed by atoms with Crippen LogP contribution < -0.4 is 5.32 Å². The zero-order chi connectivity index (χ0) is 10.5. The van der Waals surface area contributed by atoms with E-state index in [0.29, 0.717) is 6.10 Å². The zero-order valence-corrected chi connectivity index (χ0v) is 9.87. The SMILES string of the molecule is CC1CNCCCN(CC2CCCO2)C1. The van der Waals surface area contributed by atoms with Crippen LogP contribution in [0.4, 0.5) is 0 Å². The number of rotatable bonds is 2. The molecule has 2 rings (SSSR count). The molecule has 0 radical (unpaired) electrons. The van der Waals surface area contributed by atoms with Gasteiger partial charge in [-0.15, -0.1) is 0 Å². The maximum Gasteiger partial charge on any atom is 0.0702 e. The second-order valence-corrected chi connectivity index (χ2v) is 5.06. The molecule has 2 aliphatic heterocycles. The zero-order valence-electron chi connectivity index (χ0n) is 9.87. The highest BCUT2D eigenvalue weighted by Gasteiger charge is 2.20. The molecule has 2 aliphatic rings. The van der Waals surface area contributed by atoms with E-state index in [9.17, 15) is 0 Å². The third-order valence-corrected chi connectivity index (χ3v) is 3.38. The van der Waals surface area contributed by atoms with Gasteiger partial charge in [0.15, 0.2) is 0 Å². The fraction of sp³-hybridized carbons (Fsp3) is 1.00. The Morgan fingerprint density at radius 2 is 2.33 bits per heavy atom. The van der Waals surface area contributed by atoms with E-state index < -0.39 is 0 Å². The summed E-state index contributed by atoms with van der Waals surface area (Å²) in [5.41, 5.74) is 0. The van der Waals surface area contributed by atoms with Gasteiger partial charge < -0.3 is 15.0 Å². The van der Waals surface area contributed by atoms with Crippen LogP contribution in [0.2, 0.25) is 0 Å². The standard InChI is InChI=1S/C12H24N2O/c1-11-8-13-5-3-6-14(9-11)10-12-4-2-7-15-12/h11-13H,2-10H2,1H3. The predicted molar refractivity (Wildman–Crippen MR) is 62.1 cm³/mol. The lowest BCUT2D eigenvalue weighted by atomic mass is 10.1. The molecular weight excluding hydrogens is 188 g/mol. The van der Waals surface area contributed by atoms with Crippen molar-refractivity contribution in [2.24, 2.45) is 5.92 Å². The lowest BCUT2D eigenvalue weighted by molar-refractivity contribution is 0.0659. The molecule has 0 aromatic heterocycles.